The summed E-state index contributed by atoms with van der Waals surface area (Å²) in [5.41, 5.74) is 1.54. The number of nitrogens with one attached hydrogen (secondary N) is 1. The minimum atomic E-state index is 0.543. The van der Waals surface area contributed by atoms with E-state index in [-0.39, 0.29) is 0 Å². The largest absolute Gasteiger partial charge is 0.369 e. The molecule has 100 valence electrons. The molecule has 0 radical (unpaired) electrons. The van der Waals surface area contributed by atoms with Crippen molar-refractivity contribution in [1.82, 2.24) is 15.0 Å². The Labute approximate surface area is 125 Å². The maximum absolute atomic E-state index is 6.15. The van der Waals surface area contributed by atoms with Crippen molar-refractivity contribution >= 4 is 33.3 Å². The first-order valence-electron chi connectivity index (χ1n) is 6.08. The van der Waals surface area contributed by atoms with Gasteiger partial charge in [-0.1, -0.05) is 18.5 Å². The lowest BCUT2D eigenvalue weighted by Crippen LogP contribution is -2.06. The van der Waals surface area contributed by atoms with Crippen molar-refractivity contribution < 1.29 is 0 Å². The minimum absolute atomic E-state index is 0.543. The molecule has 2 heterocycles. The Kier molecular flexibility index (Phi) is 4.71. The van der Waals surface area contributed by atoms with Gasteiger partial charge in [0, 0.05) is 12.7 Å². The van der Waals surface area contributed by atoms with Crippen molar-refractivity contribution in [3.8, 4) is 11.5 Å². The highest BCUT2D eigenvalue weighted by molar-refractivity contribution is 9.10. The molecule has 0 aromatic carbocycles. The molecule has 0 aliphatic rings. The minimum Gasteiger partial charge on any atom is -0.369 e. The number of hydrogen-bond donors (Lipinski definition) is 1. The predicted molar refractivity (Wildman–Crippen MR) is 81.5 cm³/mol. The Morgan fingerprint density at radius 1 is 1.32 bits per heavy atom. The van der Waals surface area contributed by atoms with E-state index >= 15 is 0 Å². The molecular weight excluding hydrogens is 328 g/mol. The lowest BCUT2D eigenvalue weighted by molar-refractivity contribution is 0.978. The summed E-state index contributed by atoms with van der Waals surface area (Å²) < 4.78 is 0.896. The highest BCUT2D eigenvalue weighted by atomic mass is 79.9. The molecule has 2 aromatic rings. The summed E-state index contributed by atoms with van der Waals surface area (Å²) in [6.45, 7) is 4.86. The first kappa shape index (κ1) is 14.2. The second-order valence-corrected chi connectivity index (χ2v) is 5.07. The van der Waals surface area contributed by atoms with E-state index in [2.05, 4.69) is 36.2 Å². The molecule has 0 spiro atoms. The van der Waals surface area contributed by atoms with Gasteiger partial charge >= 0.3 is 0 Å². The molecule has 1 N–H and O–H groups in total. The average molecular weight is 342 g/mol. The summed E-state index contributed by atoms with van der Waals surface area (Å²) in [5, 5.41) is 3.76. The van der Waals surface area contributed by atoms with Gasteiger partial charge < -0.3 is 5.32 Å². The van der Waals surface area contributed by atoms with Gasteiger partial charge in [0.05, 0.1) is 15.2 Å². The first-order chi connectivity index (χ1) is 9.17. The fourth-order valence-corrected chi connectivity index (χ4v) is 2.47. The highest BCUT2D eigenvalue weighted by Gasteiger charge is 2.14. The van der Waals surface area contributed by atoms with Crippen molar-refractivity contribution in [2.45, 2.75) is 20.3 Å². The van der Waals surface area contributed by atoms with E-state index in [9.17, 15) is 0 Å². The number of pyridine rings is 1. The Hall–Kier alpha value is -1.20. The maximum Gasteiger partial charge on any atom is 0.182 e. The molecular formula is C13H14BrClN4. The third-order valence-electron chi connectivity index (χ3n) is 2.57. The zero-order chi connectivity index (χ0) is 13.8. The van der Waals surface area contributed by atoms with Crippen LogP contribution in [0, 0.1) is 0 Å². The maximum atomic E-state index is 6.15. The normalized spacial score (nSPS) is 10.5. The van der Waals surface area contributed by atoms with Gasteiger partial charge in [-0.3, -0.25) is 4.98 Å². The monoisotopic (exact) mass is 340 g/mol. The molecule has 2 rings (SSSR count). The quantitative estimate of drug-likeness (QED) is 0.915. The number of aromatic nitrogens is 3. The Morgan fingerprint density at radius 3 is 2.74 bits per heavy atom. The molecule has 0 atom stereocenters. The first-order valence-corrected chi connectivity index (χ1v) is 7.25. The summed E-state index contributed by atoms with van der Waals surface area (Å²) in [6.07, 6.45) is 2.49. The van der Waals surface area contributed by atoms with Gasteiger partial charge in [-0.2, -0.15) is 0 Å². The van der Waals surface area contributed by atoms with Crippen LogP contribution in [-0.2, 0) is 6.42 Å². The molecule has 0 fully saturated rings. The molecule has 19 heavy (non-hydrogen) atoms. The molecule has 6 heteroatoms. The SMILES string of the molecule is CCNc1nc(-c2ncccc2Cl)nc(CC)c1Br. The number of aryl methyl sites for hydroxylation is 1. The fourth-order valence-electron chi connectivity index (χ4n) is 1.67. The van der Waals surface area contributed by atoms with Gasteiger partial charge in [0.2, 0.25) is 0 Å². The Bertz CT molecular complexity index is 589. The predicted octanol–water partition coefficient (Wildman–Crippen LogP) is 3.95. The standard InChI is InChI=1S/C13H14BrClN4/c1-3-9-10(14)12(16-4-2)19-13(18-9)11-8(15)6-5-7-17-11/h5-7H,3-4H2,1-2H3,(H,16,18,19). The third kappa shape index (κ3) is 3.04. The van der Waals surface area contributed by atoms with Crippen molar-refractivity contribution in [3.05, 3.63) is 33.5 Å². The van der Waals surface area contributed by atoms with Crippen LogP contribution in [0.2, 0.25) is 5.02 Å². The molecule has 0 saturated heterocycles. The van der Waals surface area contributed by atoms with Gasteiger partial charge in [-0.15, -0.1) is 0 Å². The smallest absolute Gasteiger partial charge is 0.182 e. The molecule has 0 saturated carbocycles. The van der Waals surface area contributed by atoms with Gasteiger partial charge in [0.25, 0.3) is 0 Å². The van der Waals surface area contributed by atoms with Crippen LogP contribution in [0.5, 0.6) is 0 Å². The number of nitrogens with zero attached hydrogens (tertiary/aromatic N) is 3. The zero-order valence-corrected chi connectivity index (χ0v) is 13.1. The van der Waals surface area contributed by atoms with Gasteiger partial charge in [-0.25, -0.2) is 9.97 Å². The van der Waals surface area contributed by atoms with Crippen LogP contribution in [0.15, 0.2) is 22.8 Å². The summed E-state index contributed by atoms with van der Waals surface area (Å²) in [4.78, 5) is 13.3. The molecule has 0 unspecified atom stereocenters. The summed E-state index contributed by atoms with van der Waals surface area (Å²) >= 11 is 9.68. The Morgan fingerprint density at radius 2 is 2.11 bits per heavy atom. The van der Waals surface area contributed by atoms with Gasteiger partial charge in [0.15, 0.2) is 5.82 Å². The number of halogens is 2. The van der Waals surface area contributed by atoms with Gasteiger partial charge in [-0.05, 0) is 41.4 Å². The van der Waals surface area contributed by atoms with Crippen LogP contribution in [0.4, 0.5) is 5.82 Å². The topological polar surface area (TPSA) is 50.7 Å². The summed E-state index contributed by atoms with van der Waals surface area (Å²) in [7, 11) is 0. The summed E-state index contributed by atoms with van der Waals surface area (Å²) in [6, 6.07) is 3.57. The highest BCUT2D eigenvalue weighted by Crippen LogP contribution is 2.29. The molecule has 2 aromatic heterocycles. The molecule has 0 aliphatic carbocycles. The average Bonchev–Trinajstić information content (AvgIpc) is 2.42. The van der Waals surface area contributed by atoms with Crippen LogP contribution in [-0.4, -0.2) is 21.5 Å². The van der Waals surface area contributed by atoms with Crippen LogP contribution in [0.3, 0.4) is 0 Å². The van der Waals surface area contributed by atoms with E-state index in [0.717, 1.165) is 29.0 Å². The van der Waals surface area contributed by atoms with E-state index < -0.39 is 0 Å². The van der Waals surface area contributed by atoms with Crippen molar-refractivity contribution in [2.75, 3.05) is 11.9 Å². The lowest BCUT2D eigenvalue weighted by atomic mass is 10.2. The number of anilines is 1. The summed E-state index contributed by atoms with van der Waals surface area (Å²) in [5.74, 6) is 1.31. The van der Waals surface area contributed by atoms with Crippen LogP contribution in [0.1, 0.15) is 19.5 Å². The van der Waals surface area contributed by atoms with E-state index in [0.29, 0.717) is 16.5 Å². The van der Waals surface area contributed by atoms with Crippen LogP contribution in [0.25, 0.3) is 11.5 Å². The molecule has 0 aliphatic heterocycles. The van der Waals surface area contributed by atoms with E-state index in [4.69, 9.17) is 11.6 Å². The zero-order valence-electron chi connectivity index (χ0n) is 10.7. The third-order valence-corrected chi connectivity index (χ3v) is 3.71. The van der Waals surface area contributed by atoms with E-state index in [1.165, 1.54) is 0 Å². The molecule has 4 nitrogen and oxygen atoms in total. The van der Waals surface area contributed by atoms with Gasteiger partial charge in [0.1, 0.15) is 11.5 Å². The Balaban J connectivity index is 2.58. The van der Waals surface area contributed by atoms with Crippen molar-refractivity contribution in [2.24, 2.45) is 0 Å². The number of rotatable bonds is 4. The number of hydrogen-bond acceptors (Lipinski definition) is 4. The second-order valence-electron chi connectivity index (χ2n) is 3.87. The lowest BCUT2D eigenvalue weighted by Gasteiger charge is -2.11. The van der Waals surface area contributed by atoms with Crippen molar-refractivity contribution in [1.29, 1.82) is 0 Å². The fraction of sp³-hybridized carbons (Fsp3) is 0.308. The second kappa shape index (κ2) is 6.30. The van der Waals surface area contributed by atoms with E-state index in [1.807, 2.05) is 13.8 Å². The molecule has 0 bridgehead atoms. The van der Waals surface area contributed by atoms with Crippen LogP contribution >= 0.6 is 27.5 Å². The van der Waals surface area contributed by atoms with Crippen LogP contribution < -0.4 is 5.32 Å². The molecule has 0 amide bonds. The van der Waals surface area contributed by atoms with E-state index in [1.54, 1.807) is 18.3 Å². The van der Waals surface area contributed by atoms with Crippen molar-refractivity contribution in [3.63, 3.8) is 0 Å².